The highest BCUT2D eigenvalue weighted by molar-refractivity contribution is 5.80. The van der Waals surface area contributed by atoms with Crippen LogP contribution >= 0.6 is 0 Å². The summed E-state index contributed by atoms with van der Waals surface area (Å²) in [7, 11) is 1.82. The number of aldehydes is 1. The molecule has 0 spiro atoms. The fourth-order valence-electron chi connectivity index (χ4n) is 1.21. The van der Waals surface area contributed by atoms with E-state index in [0.717, 1.165) is 6.29 Å². The molecule has 1 aliphatic heterocycles. The molecule has 4 nitrogen and oxygen atoms in total. The number of hydrogen-bond donors (Lipinski definition) is 0. The first-order valence-corrected chi connectivity index (χ1v) is 3.63. The largest absolute Gasteiger partial charge is 0.301 e. The maximum Gasteiger partial charge on any atom is 0.238 e. The van der Waals surface area contributed by atoms with Crippen molar-refractivity contribution >= 4 is 12.2 Å². The Kier molecular flexibility index (Phi) is 2.24. The molecule has 1 aliphatic rings. The number of amides is 1. The molecule has 0 N–H and O–H groups in total. The third kappa shape index (κ3) is 1.40. The maximum absolute atomic E-state index is 11.1. The Morgan fingerprint density at radius 3 is 2.73 bits per heavy atom. The van der Waals surface area contributed by atoms with Crippen molar-refractivity contribution in [1.29, 1.82) is 0 Å². The lowest BCUT2D eigenvalue weighted by molar-refractivity contribution is -0.139. The third-order valence-electron chi connectivity index (χ3n) is 2.02. The van der Waals surface area contributed by atoms with E-state index in [9.17, 15) is 9.59 Å². The standard InChI is InChI=1S/C7H12N2O2/c1-6-5-7(11)9(3-4-10)8(6)2/h4,6H,3,5H2,1-2H3. The first-order valence-electron chi connectivity index (χ1n) is 3.63. The van der Waals surface area contributed by atoms with Gasteiger partial charge in [0.05, 0.1) is 6.54 Å². The third-order valence-corrected chi connectivity index (χ3v) is 2.02. The van der Waals surface area contributed by atoms with Gasteiger partial charge >= 0.3 is 0 Å². The van der Waals surface area contributed by atoms with Crippen molar-refractivity contribution in [2.45, 2.75) is 19.4 Å². The van der Waals surface area contributed by atoms with Gasteiger partial charge in [0.1, 0.15) is 6.29 Å². The minimum absolute atomic E-state index is 0.0344. The summed E-state index contributed by atoms with van der Waals surface area (Å²) in [6.45, 7) is 2.14. The zero-order valence-electron chi connectivity index (χ0n) is 6.78. The summed E-state index contributed by atoms with van der Waals surface area (Å²) in [6.07, 6.45) is 1.26. The second kappa shape index (κ2) is 3.00. The molecule has 1 unspecified atom stereocenters. The summed E-state index contributed by atoms with van der Waals surface area (Å²) in [4.78, 5) is 21.2. The number of hydrogen-bond acceptors (Lipinski definition) is 3. The lowest BCUT2D eigenvalue weighted by Crippen LogP contribution is -2.39. The fourth-order valence-corrected chi connectivity index (χ4v) is 1.21. The molecule has 62 valence electrons. The van der Waals surface area contributed by atoms with Crippen LogP contribution in [0.5, 0.6) is 0 Å². The molecule has 11 heavy (non-hydrogen) atoms. The van der Waals surface area contributed by atoms with Gasteiger partial charge < -0.3 is 4.79 Å². The van der Waals surface area contributed by atoms with Crippen molar-refractivity contribution in [3.63, 3.8) is 0 Å². The maximum atomic E-state index is 11.1. The quantitative estimate of drug-likeness (QED) is 0.513. The molecule has 0 aromatic heterocycles. The summed E-state index contributed by atoms with van der Waals surface area (Å²) >= 11 is 0. The molecule has 0 aromatic rings. The topological polar surface area (TPSA) is 40.6 Å². The average molecular weight is 156 g/mol. The zero-order valence-corrected chi connectivity index (χ0v) is 6.78. The summed E-state index contributed by atoms with van der Waals surface area (Å²) < 4.78 is 0. The Balaban J connectivity index is 2.63. The predicted octanol–water partition coefficient (Wildman–Crippen LogP) is -0.347. The SMILES string of the molecule is CC1CC(=O)N(CC=O)N1C. The van der Waals surface area contributed by atoms with Gasteiger partial charge in [0, 0.05) is 19.5 Å². The second-order valence-electron chi connectivity index (χ2n) is 2.77. The second-order valence-corrected chi connectivity index (χ2v) is 2.77. The minimum atomic E-state index is 0.0344. The van der Waals surface area contributed by atoms with Crippen molar-refractivity contribution in [2.24, 2.45) is 0 Å². The van der Waals surface area contributed by atoms with Crippen LogP contribution in [0.3, 0.4) is 0 Å². The average Bonchev–Trinajstić information content (AvgIpc) is 2.17. The van der Waals surface area contributed by atoms with Crippen LogP contribution < -0.4 is 0 Å². The van der Waals surface area contributed by atoms with Crippen molar-refractivity contribution < 1.29 is 9.59 Å². The van der Waals surface area contributed by atoms with E-state index in [1.165, 1.54) is 5.01 Å². The number of carbonyl (C=O) groups is 2. The summed E-state index contributed by atoms with van der Waals surface area (Å²) in [5.41, 5.74) is 0. The van der Waals surface area contributed by atoms with Crippen LogP contribution in [-0.2, 0) is 9.59 Å². The van der Waals surface area contributed by atoms with E-state index in [0.29, 0.717) is 6.42 Å². The highest BCUT2D eigenvalue weighted by Crippen LogP contribution is 2.15. The van der Waals surface area contributed by atoms with Gasteiger partial charge in [-0.25, -0.2) is 5.01 Å². The molecule has 1 amide bonds. The molecule has 1 fully saturated rings. The van der Waals surface area contributed by atoms with E-state index in [-0.39, 0.29) is 18.5 Å². The van der Waals surface area contributed by atoms with E-state index in [2.05, 4.69) is 0 Å². The molecule has 0 radical (unpaired) electrons. The van der Waals surface area contributed by atoms with Gasteiger partial charge in [-0.3, -0.25) is 9.80 Å². The predicted molar refractivity (Wildman–Crippen MR) is 39.6 cm³/mol. The van der Waals surface area contributed by atoms with E-state index in [4.69, 9.17) is 0 Å². The molecular weight excluding hydrogens is 144 g/mol. The van der Waals surface area contributed by atoms with E-state index >= 15 is 0 Å². The zero-order chi connectivity index (χ0) is 8.43. The van der Waals surface area contributed by atoms with Crippen molar-refractivity contribution in [1.82, 2.24) is 10.0 Å². The van der Waals surface area contributed by atoms with Gasteiger partial charge in [-0.15, -0.1) is 0 Å². The van der Waals surface area contributed by atoms with E-state index < -0.39 is 0 Å². The van der Waals surface area contributed by atoms with Crippen LogP contribution in [0.25, 0.3) is 0 Å². The number of nitrogens with zero attached hydrogens (tertiary/aromatic N) is 2. The van der Waals surface area contributed by atoms with Gasteiger partial charge in [-0.05, 0) is 6.92 Å². The molecule has 0 saturated carbocycles. The highest BCUT2D eigenvalue weighted by Gasteiger charge is 2.31. The van der Waals surface area contributed by atoms with Crippen LogP contribution in [0, 0.1) is 0 Å². The number of carbonyl (C=O) groups excluding carboxylic acids is 2. The molecule has 1 saturated heterocycles. The molecule has 0 aromatic carbocycles. The van der Waals surface area contributed by atoms with Gasteiger partial charge in [0.15, 0.2) is 0 Å². The summed E-state index contributed by atoms with van der Waals surface area (Å²) in [5, 5.41) is 3.27. The van der Waals surface area contributed by atoms with Crippen molar-refractivity contribution in [3.05, 3.63) is 0 Å². The molecule has 0 aliphatic carbocycles. The first-order chi connectivity index (χ1) is 5.16. The summed E-state index contributed by atoms with van der Waals surface area (Å²) in [6, 6.07) is 0.224. The Bertz CT molecular complexity index is 181. The molecule has 1 atom stereocenters. The molecular formula is C7H12N2O2. The molecule has 0 bridgehead atoms. The fraction of sp³-hybridized carbons (Fsp3) is 0.714. The number of rotatable bonds is 2. The lowest BCUT2D eigenvalue weighted by atomic mass is 10.2. The lowest BCUT2D eigenvalue weighted by Gasteiger charge is -2.24. The van der Waals surface area contributed by atoms with Gasteiger partial charge in [0.2, 0.25) is 5.91 Å². The van der Waals surface area contributed by atoms with Crippen LogP contribution in [0.2, 0.25) is 0 Å². The van der Waals surface area contributed by atoms with Gasteiger partial charge in [0.25, 0.3) is 0 Å². The Hall–Kier alpha value is -0.900. The Morgan fingerprint density at radius 2 is 2.36 bits per heavy atom. The Labute approximate surface area is 65.7 Å². The first kappa shape index (κ1) is 8.20. The Morgan fingerprint density at radius 1 is 1.73 bits per heavy atom. The normalized spacial score (nSPS) is 26.2. The van der Waals surface area contributed by atoms with E-state index in [1.54, 1.807) is 5.01 Å². The molecule has 4 heteroatoms. The van der Waals surface area contributed by atoms with Gasteiger partial charge in [-0.2, -0.15) is 0 Å². The van der Waals surface area contributed by atoms with Gasteiger partial charge in [-0.1, -0.05) is 0 Å². The van der Waals surface area contributed by atoms with Crippen molar-refractivity contribution in [3.8, 4) is 0 Å². The van der Waals surface area contributed by atoms with E-state index in [1.807, 2.05) is 14.0 Å². The van der Waals surface area contributed by atoms with Crippen LogP contribution in [0.1, 0.15) is 13.3 Å². The molecule has 1 rings (SSSR count). The molecule has 1 heterocycles. The van der Waals surface area contributed by atoms with Crippen molar-refractivity contribution in [2.75, 3.05) is 13.6 Å². The number of hydrazine groups is 1. The monoisotopic (exact) mass is 156 g/mol. The van der Waals surface area contributed by atoms with Crippen LogP contribution in [-0.4, -0.2) is 41.8 Å². The minimum Gasteiger partial charge on any atom is -0.301 e. The van der Waals surface area contributed by atoms with Crippen LogP contribution in [0.15, 0.2) is 0 Å². The summed E-state index contributed by atoms with van der Waals surface area (Å²) in [5.74, 6) is 0.0344. The van der Waals surface area contributed by atoms with Crippen LogP contribution in [0.4, 0.5) is 0 Å². The highest BCUT2D eigenvalue weighted by atomic mass is 16.2. The smallest absolute Gasteiger partial charge is 0.238 e.